The quantitative estimate of drug-likeness (QED) is 0.373. The van der Waals surface area contributed by atoms with E-state index in [-0.39, 0.29) is 8.85 Å². The van der Waals surface area contributed by atoms with Gasteiger partial charge in [-0.1, -0.05) is 78.6 Å². The first-order chi connectivity index (χ1) is 7.97. The fourth-order valence-electron chi connectivity index (χ4n) is 3.00. The predicted octanol–water partition coefficient (Wildman–Crippen LogP) is 6.29. The Hall–Kier alpha value is 1.94. The van der Waals surface area contributed by atoms with Gasteiger partial charge in [0.15, 0.2) is 0 Å². The van der Waals surface area contributed by atoms with E-state index in [0.29, 0.717) is 13.1 Å². The highest BCUT2D eigenvalue weighted by Gasteiger charge is 2.44. The molecule has 0 aliphatic rings. The average Bonchev–Trinajstić information content (AvgIpc) is 1.91. The highest BCUT2D eigenvalue weighted by atomic mass is 32.0. The van der Waals surface area contributed by atoms with Crippen LogP contribution in [0.15, 0.2) is 0 Å². The summed E-state index contributed by atoms with van der Waals surface area (Å²) in [5.41, 5.74) is 0. The van der Waals surface area contributed by atoms with Crippen LogP contribution in [0.3, 0.4) is 0 Å². The van der Waals surface area contributed by atoms with Crippen molar-refractivity contribution in [1.82, 2.24) is 0 Å². The van der Waals surface area contributed by atoms with E-state index in [9.17, 15) is 0 Å². The smallest absolute Gasteiger partial charge is 0.0638 e. The molecule has 0 radical (unpaired) electrons. The highest BCUT2D eigenvalue weighted by Crippen LogP contribution is 2.65. The number of hydrogen-bond donors (Lipinski definition) is 0. The minimum atomic E-state index is -0.894. The van der Waals surface area contributed by atoms with Crippen LogP contribution in [0.4, 0.5) is 0 Å². The van der Waals surface area contributed by atoms with E-state index in [0.717, 1.165) is 0 Å². The Morgan fingerprint density at radius 3 is 0.684 bits per heavy atom. The molecule has 0 spiro atoms. The molecule has 0 nitrogen and oxygen atoms in total. The van der Waals surface area contributed by atoms with Gasteiger partial charge in [-0.2, -0.15) is 0 Å². The molecule has 0 heterocycles. The Bertz CT molecular complexity index is 235. The van der Waals surface area contributed by atoms with E-state index in [4.69, 9.17) is 0 Å². The third-order valence-electron chi connectivity index (χ3n) is 3.52. The first-order valence-electron chi connectivity index (χ1n) is 7.53. The van der Waals surface area contributed by atoms with Gasteiger partial charge in [0, 0.05) is 0 Å². The van der Waals surface area contributed by atoms with E-state index in [1.165, 1.54) is 0 Å². The molecule has 0 aromatic carbocycles. The normalized spacial score (nSPS) is 15.5. The summed E-state index contributed by atoms with van der Waals surface area (Å²) in [6.07, 6.45) is 0. The lowest BCUT2D eigenvalue weighted by atomic mass is 11.8. The van der Waals surface area contributed by atoms with Crippen molar-refractivity contribution in [3.8, 4) is 0 Å². The van der Waals surface area contributed by atoms with E-state index < -0.39 is 31.0 Å². The SMILES string of the molecule is C[Si](C)(C)P([SiH2]P([Si](C)(C)C)[Si](C)(C)C)[Si](C)(C)C. The first kappa shape index (κ1) is 20.9. The summed E-state index contributed by atoms with van der Waals surface area (Å²) in [5, 5.41) is 0. The molecule has 0 bridgehead atoms. The third kappa shape index (κ3) is 7.16. The molecule has 0 saturated heterocycles. The van der Waals surface area contributed by atoms with Crippen molar-refractivity contribution in [2.45, 2.75) is 78.6 Å². The van der Waals surface area contributed by atoms with Crippen molar-refractivity contribution in [1.29, 1.82) is 0 Å². The molecule has 0 aromatic heterocycles. The lowest BCUT2D eigenvalue weighted by Crippen LogP contribution is -2.40. The largest absolute Gasteiger partial charge is 0.142 e. The van der Waals surface area contributed by atoms with Crippen LogP contribution in [-0.4, -0.2) is 39.8 Å². The molecule has 0 aromatic rings. The van der Waals surface area contributed by atoms with Crippen molar-refractivity contribution in [2.24, 2.45) is 0 Å². The second-order valence-electron chi connectivity index (χ2n) is 9.68. The lowest BCUT2D eigenvalue weighted by molar-refractivity contribution is 1.84. The molecule has 7 heteroatoms. The van der Waals surface area contributed by atoms with Gasteiger partial charge in [0.2, 0.25) is 0 Å². The van der Waals surface area contributed by atoms with Gasteiger partial charge in [-0.3, -0.25) is 0 Å². The van der Waals surface area contributed by atoms with E-state index >= 15 is 0 Å². The van der Waals surface area contributed by atoms with E-state index in [2.05, 4.69) is 78.6 Å². The standard InChI is InChI=1S/C12H38P2Si5/c1-16(2,3)13(17(4,5)6)15-14(18(7,8)9)19(10,11)12/h15H2,1-12H3. The van der Waals surface area contributed by atoms with Crippen LogP contribution in [0.2, 0.25) is 78.6 Å². The third-order valence-corrected chi connectivity index (χ3v) is 110. The van der Waals surface area contributed by atoms with Gasteiger partial charge in [0.05, 0.1) is 39.8 Å². The van der Waals surface area contributed by atoms with Crippen LogP contribution in [0.5, 0.6) is 0 Å². The molecule has 0 rings (SSSR count). The van der Waals surface area contributed by atoms with Crippen LogP contribution >= 0.6 is 13.1 Å². The maximum atomic E-state index is 2.69. The summed E-state index contributed by atoms with van der Waals surface area (Å²) < 4.78 is 0. The van der Waals surface area contributed by atoms with Gasteiger partial charge < -0.3 is 0 Å². The Kier molecular flexibility index (Phi) is 7.27. The maximum absolute atomic E-state index is 2.69. The van der Waals surface area contributed by atoms with Gasteiger partial charge in [0.25, 0.3) is 0 Å². The summed E-state index contributed by atoms with van der Waals surface area (Å²) in [5.74, 6) is 0. The summed E-state index contributed by atoms with van der Waals surface area (Å²) in [6.45, 7) is 33.2. The van der Waals surface area contributed by atoms with Gasteiger partial charge >= 0.3 is 0 Å². The molecule has 0 aliphatic heterocycles. The van der Waals surface area contributed by atoms with E-state index in [1.807, 2.05) is 0 Å². The summed E-state index contributed by atoms with van der Waals surface area (Å²) in [7, 11) is -3.38. The number of rotatable bonds is 6. The zero-order chi connectivity index (χ0) is 15.9. The molecule has 0 unspecified atom stereocenters. The fraction of sp³-hybridized carbons (Fsp3) is 1.00. The highest BCUT2D eigenvalue weighted by molar-refractivity contribution is 8.53. The van der Waals surface area contributed by atoms with E-state index in [1.54, 1.807) is 0 Å². The Balaban J connectivity index is 5.43. The van der Waals surface area contributed by atoms with Crippen molar-refractivity contribution < 1.29 is 0 Å². The van der Waals surface area contributed by atoms with Crippen molar-refractivity contribution in [3.63, 3.8) is 0 Å². The minimum Gasteiger partial charge on any atom is -0.142 e. The van der Waals surface area contributed by atoms with Crippen molar-refractivity contribution in [2.75, 3.05) is 0 Å². The van der Waals surface area contributed by atoms with Crippen LogP contribution in [0.25, 0.3) is 0 Å². The lowest BCUT2D eigenvalue weighted by Gasteiger charge is -2.47. The Morgan fingerprint density at radius 1 is 0.421 bits per heavy atom. The minimum absolute atomic E-state index is 0.199. The van der Waals surface area contributed by atoms with Gasteiger partial charge in [0.1, 0.15) is 0 Å². The molecule has 0 fully saturated rings. The molecule has 19 heavy (non-hydrogen) atoms. The molecule has 0 saturated carbocycles. The molecule has 0 atom stereocenters. The summed E-state index contributed by atoms with van der Waals surface area (Å²) >= 11 is 0. The van der Waals surface area contributed by atoms with Crippen LogP contribution in [-0.2, 0) is 0 Å². The van der Waals surface area contributed by atoms with Crippen LogP contribution in [0.1, 0.15) is 0 Å². The molecule has 116 valence electrons. The van der Waals surface area contributed by atoms with Gasteiger partial charge in [-0.15, -0.1) is 13.1 Å². The van der Waals surface area contributed by atoms with Crippen LogP contribution in [0, 0.1) is 0 Å². The van der Waals surface area contributed by atoms with Gasteiger partial charge in [-0.25, -0.2) is 0 Å². The van der Waals surface area contributed by atoms with Gasteiger partial charge in [-0.05, 0) is 0 Å². The second kappa shape index (κ2) is 6.60. The summed E-state index contributed by atoms with van der Waals surface area (Å²) in [6, 6.07) is 0. The first-order valence-corrected chi connectivity index (χ1v) is 31.7. The predicted molar refractivity (Wildman–Crippen MR) is 116 cm³/mol. The van der Waals surface area contributed by atoms with Crippen molar-refractivity contribution >= 4 is 53.0 Å². The fourth-order valence-corrected chi connectivity index (χ4v) is 157. The molecule has 0 amide bonds. The van der Waals surface area contributed by atoms with Crippen LogP contribution < -0.4 is 0 Å². The molecular formula is C12H38P2Si5. The molecule has 0 aliphatic carbocycles. The Labute approximate surface area is 131 Å². The van der Waals surface area contributed by atoms with Crippen molar-refractivity contribution in [3.05, 3.63) is 0 Å². The maximum Gasteiger partial charge on any atom is 0.0638 e. The molecular weight excluding hydrogens is 347 g/mol. The summed E-state index contributed by atoms with van der Waals surface area (Å²) in [4.78, 5) is 0. The number of hydrogen-bond acceptors (Lipinski definition) is 0. The zero-order valence-electron chi connectivity index (χ0n) is 15.6. The zero-order valence-corrected chi connectivity index (χ0v) is 22.8. The Morgan fingerprint density at radius 2 is 0.579 bits per heavy atom. The molecule has 0 N–H and O–H groups in total. The topological polar surface area (TPSA) is 0 Å². The average molecular weight is 385 g/mol. The second-order valence-corrected chi connectivity index (χ2v) is 69.1. The monoisotopic (exact) mass is 384 g/mol.